The van der Waals surface area contributed by atoms with Gasteiger partial charge in [0.1, 0.15) is 0 Å². The second-order valence-corrected chi connectivity index (χ2v) is 7.11. The molecule has 1 unspecified atom stereocenters. The first-order chi connectivity index (χ1) is 9.60. The molecule has 3 rings (SSSR count). The average molecular weight is 337 g/mol. The SMILES string of the molecule is Cc1ccc(C(=O)C2CCOC3(CCCC3)C2)cc1Br. The topological polar surface area (TPSA) is 26.3 Å². The number of Topliss-reactive ketones (excluding diaryl/α,β-unsaturated/α-hetero) is 1. The molecule has 3 heteroatoms. The van der Waals surface area contributed by atoms with Crippen molar-refractivity contribution in [3.63, 3.8) is 0 Å². The van der Waals surface area contributed by atoms with E-state index in [4.69, 9.17) is 4.74 Å². The third-order valence-electron chi connectivity index (χ3n) is 4.83. The van der Waals surface area contributed by atoms with Crippen molar-refractivity contribution in [3.05, 3.63) is 33.8 Å². The Morgan fingerprint density at radius 2 is 2.10 bits per heavy atom. The van der Waals surface area contributed by atoms with Crippen molar-refractivity contribution in [3.8, 4) is 0 Å². The molecule has 108 valence electrons. The van der Waals surface area contributed by atoms with Crippen molar-refractivity contribution in [2.45, 2.75) is 51.0 Å². The molecule has 1 aromatic carbocycles. The number of ether oxygens (including phenoxy) is 1. The summed E-state index contributed by atoms with van der Waals surface area (Å²) in [4.78, 5) is 12.7. The molecule has 1 spiro atoms. The molecule has 0 N–H and O–H groups in total. The molecule has 2 fully saturated rings. The average Bonchev–Trinajstić information content (AvgIpc) is 2.89. The number of halogens is 1. The van der Waals surface area contributed by atoms with Crippen LogP contribution in [0, 0.1) is 12.8 Å². The van der Waals surface area contributed by atoms with Crippen molar-refractivity contribution in [2.24, 2.45) is 5.92 Å². The van der Waals surface area contributed by atoms with Gasteiger partial charge < -0.3 is 4.74 Å². The number of benzene rings is 1. The fraction of sp³-hybridized carbons (Fsp3) is 0.588. The van der Waals surface area contributed by atoms with Crippen LogP contribution >= 0.6 is 15.9 Å². The Hall–Kier alpha value is -0.670. The maximum absolute atomic E-state index is 12.7. The minimum atomic E-state index is 0.0144. The second kappa shape index (κ2) is 5.61. The van der Waals surface area contributed by atoms with Gasteiger partial charge in [0.05, 0.1) is 5.60 Å². The summed E-state index contributed by atoms with van der Waals surface area (Å²) in [6.45, 7) is 2.78. The van der Waals surface area contributed by atoms with Gasteiger partial charge in [-0.2, -0.15) is 0 Å². The van der Waals surface area contributed by atoms with E-state index in [0.717, 1.165) is 42.3 Å². The van der Waals surface area contributed by atoms with Crippen LogP contribution < -0.4 is 0 Å². The number of carbonyl (C=O) groups is 1. The summed E-state index contributed by atoms with van der Waals surface area (Å²) in [7, 11) is 0. The quantitative estimate of drug-likeness (QED) is 0.733. The van der Waals surface area contributed by atoms with Gasteiger partial charge in [-0.1, -0.05) is 40.9 Å². The second-order valence-electron chi connectivity index (χ2n) is 6.26. The summed E-state index contributed by atoms with van der Waals surface area (Å²) in [5.74, 6) is 0.428. The van der Waals surface area contributed by atoms with Crippen LogP contribution in [0.4, 0.5) is 0 Å². The Bertz CT molecular complexity index is 518. The highest BCUT2D eigenvalue weighted by Gasteiger charge is 2.41. The molecule has 0 bridgehead atoms. The third kappa shape index (κ3) is 2.71. The molecule has 2 aliphatic rings. The van der Waals surface area contributed by atoms with Crippen LogP contribution in [0.15, 0.2) is 22.7 Å². The Kier molecular flexibility index (Phi) is 4.00. The van der Waals surface area contributed by atoms with Gasteiger partial charge in [-0.15, -0.1) is 0 Å². The molecule has 1 saturated heterocycles. The van der Waals surface area contributed by atoms with Crippen LogP contribution in [0.3, 0.4) is 0 Å². The van der Waals surface area contributed by atoms with Gasteiger partial charge in [-0.25, -0.2) is 0 Å². The first-order valence-corrected chi connectivity index (χ1v) is 8.33. The monoisotopic (exact) mass is 336 g/mol. The fourth-order valence-corrected chi connectivity index (χ4v) is 3.98. The molecule has 0 amide bonds. The van der Waals surface area contributed by atoms with Gasteiger partial charge in [0.2, 0.25) is 0 Å². The van der Waals surface area contributed by atoms with Crippen LogP contribution in [0.5, 0.6) is 0 Å². The normalized spacial score (nSPS) is 25.0. The highest BCUT2D eigenvalue weighted by molar-refractivity contribution is 9.10. The van der Waals surface area contributed by atoms with Crippen molar-refractivity contribution in [2.75, 3.05) is 6.61 Å². The number of carbonyl (C=O) groups excluding carboxylic acids is 1. The number of hydrogen-bond acceptors (Lipinski definition) is 2. The van der Waals surface area contributed by atoms with E-state index >= 15 is 0 Å². The van der Waals surface area contributed by atoms with E-state index < -0.39 is 0 Å². The van der Waals surface area contributed by atoms with Crippen molar-refractivity contribution in [1.29, 1.82) is 0 Å². The number of aryl methyl sites for hydroxylation is 1. The van der Waals surface area contributed by atoms with Gasteiger partial charge in [0, 0.05) is 22.6 Å². The van der Waals surface area contributed by atoms with Crippen molar-refractivity contribution < 1.29 is 9.53 Å². The summed E-state index contributed by atoms with van der Waals surface area (Å²) in [5, 5.41) is 0. The zero-order chi connectivity index (χ0) is 14.2. The zero-order valence-electron chi connectivity index (χ0n) is 12.0. The molecule has 2 nitrogen and oxygen atoms in total. The zero-order valence-corrected chi connectivity index (χ0v) is 13.5. The Morgan fingerprint density at radius 1 is 1.35 bits per heavy atom. The smallest absolute Gasteiger partial charge is 0.166 e. The van der Waals surface area contributed by atoms with E-state index in [9.17, 15) is 4.79 Å². The molecule has 0 radical (unpaired) electrons. The summed E-state index contributed by atoms with van der Waals surface area (Å²) in [6.07, 6.45) is 6.54. The highest BCUT2D eigenvalue weighted by atomic mass is 79.9. The fourth-order valence-electron chi connectivity index (χ4n) is 3.60. The summed E-state index contributed by atoms with van der Waals surface area (Å²) < 4.78 is 7.04. The predicted octanol–water partition coefficient (Wildman–Crippen LogP) is 4.68. The Morgan fingerprint density at radius 3 is 2.80 bits per heavy atom. The number of hydrogen-bond donors (Lipinski definition) is 0. The Labute approximate surface area is 129 Å². The molecule has 1 heterocycles. The highest BCUT2D eigenvalue weighted by Crippen LogP contribution is 2.42. The van der Waals surface area contributed by atoms with Gasteiger partial charge in [0.25, 0.3) is 0 Å². The summed E-state index contributed by atoms with van der Waals surface area (Å²) >= 11 is 3.52. The molecule has 1 saturated carbocycles. The Balaban J connectivity index is 1.77. The van der Waals surface area contributed by atoms with E-state index in [1.54, 1.807) is 0 Å². The minimum absolute atomic E-state index is 0.0144. The first-order valence-electron chi connectivity index (χ1n) is 7.54. The molecule has 1 aliphatic carbocycles. The molecule has 1 aliphatic heterocycles. The first kappa shape index (κ1) is 14.3. The maximum Gasteiger partial charge on any atom is 0.166 e. The van der Waals surface area contributed by atoms with Crippen LogP contribution in [0.25, 0.3) is 0 Å². The van der Waals surface area contributed by atoms with E-state index in [0.29, 0.717) is 5.78 Å². The molecular formula is C17H21BrO2. The number of ketones is 1. The molecule has 1 aromatic rings. The van der Waals surface area contributed by atoms with Crippen LogP contribution in [-0.2, 0) is 4.74 Å². The molecule has 0 aromatic heterocycles. The van der Waals surface area contributed by atoms with Crippen LogP contribution in [-0.4, -0.2) is 18.0 Å². The van der Waals surface area contributed by atoms with E-state index in [2.05, 4.69) is 15.9 Å². The van der Waals surface area contributed by atoms with E-state index in [1.807, 2.05) is 25.1 Å². The lowest BCUT2D eigenvalue weighted by molar-refractivity contribution is -0.0866. The van der Waals surface area contributed by atoms with Gasteiger partial charge in [-0.3, -0.25) is 4.79 Å². The maximum atomic E-state index is 12.7. The molecule has 1 atom stereocenters. The largest absolute Gasteiger partial charge is 0.375 e. The van der Waals surface area contributed by atoms with Gasteiger partial charge >= 0.3 is 0 Å². The van der Waals surface area contributed by atoms with E-state index in [1.165, 1.54) is 18.4 Å². The summed E-state index contributed by atoms with van der Waals surface area (Å²) in [5.41, 5.74) is 2.02. The van der Waals surface area contributed by atoms with Gasteiger partial charge in [0.15, 0.2) is 5.78 Å². The standard InChI is InChI=1S/C17H21BrO2/c1-12-4-5-13(10-15(12)18)16(19)14-6-9-20-17(11-14)7-2-3-8-17/h4-5,10,14H,2-3,6-9,11H2,1H3. The molecular weight excluding hydrogens is 316 g/mol. The third-order valence-corrected chi connectivity index (χ3v) is 5.69. The molecule has 20 heavy (non-hydrogen) atoms. The van der Waals surface area contributed by atoms with Crippen molar-refractivity contribution in [1.82, 2.24) is 0 Å². The van der Waals surface area contributed by atoms with Crippen LogP contribution in [0.1, 0.15) is 54.4 Å². The predicted molar refractivity (Wildman–Crippen MR) is 83.1 cm³/mol. The van der Waals surface area contributed by atoms with Gasteiger partial charge in [-0.05, 0) is 44.2 Å². The van der Waals surface area contributed by atoms with Crippen molar-refractivity contribution >= 4 is 21.7 Å². The van der Waals surface area contributed by atoms with E-state index in [-0.39, 0.29) is 11.5 Å². The number of rotatable bonds is 2. The lowest BCUT2D eigenvalue weighted by Gasteiger charge is -2.37. The summed E-state index contributed by atoms with van der Waals surface area (Å²) in [6, 6.07) is 5.94. The minimum Gasteiger partial charge on any atom is -0.375 e. The lowest BCUT2D eigenvalue weighted by atomic mass is 9.80. The van der Waals surface area contributed by atoms with Crippen LogP contribution in [0.2, 0.25) is 0 Å². The lowest BCUT2D eigenvalue weighted by Crippen LogP contribution is -2.39.